The molecule has 0 saturated heterocycles. The molecule has 166 valence electrons. The lowest BCUT2D eigenvalue weighted by Crippen LogP contribution is -2.55. The minimum Gasteiger partial charge on any atom is -0.347 e. The first kappa shape index (κ1) is 23.9. The van der Waals surface area contributed by atoms with Crippen molar-refractivity contribution in [3.8, 4) is 0 Å². The Balaban J connectivity index is 2.39. The van der Waals surface area contributed by atoms with E-state index in [1.165, 1.54) is 17.7 Å². The Morgan fingerprint density at radius 2 is 1.42 bits per heavy atom. The molecule has 0 saturated carbocycles. The number of nitrogens with one attached hydrogen (secondary N) is 1. The number of rotatable bonds is 10. The fourth-order valence-electron chi connectivity index (χ4n) is 3.35. The summed E-state index contributed by atoms with van der Waals surface area (Å²) in [5.41, 5.74) is -0.329. The average molecular weight is 427 g/mol. The fourth-order valence-corrected chi connectivity index (χ4v) is 3.35. The molecule has 0 aliphatic carbocycles. The fraction of sp³-hybridized carbons (Fsp3) is 0.391. The molecule has 1 N–H and O–H groups in total. The van der Waals surface area contributed by atoms with Crippen LogP contribution in [0.2, 0.25) is 0 Å². The smallest absolute Gasteiger partial charge is 0.337 e. The summed E-state index contributed by atoms with van der Waals surface area (Å²) in [7, 11) is 0. The molecule has 2 rings (SSSR count). The van der Waals surface area contributed by atoms with Crippen LogP contribution in [0.15, 0.2) is 64.0 Å². The van der Waals surface area contributed by atoms with Crippen molar-refractivity contribution in [2.45, 2.75) is 52.9 Å². The van der Waals surface area contributed by atoms with Crippen molar-refractivity contribution < 1.29 is 4.79 Å². The summed E-state index contributed by atoms with van der Waals surface area (Å²) in [5.74, 6) is -0.410. The van der Waals surface area contributed by atoms with Crippen molar-refractivity contribution >= 4 is 5.91 Å². The Hall–Kier alpha value is -3.42. The van der Waals surface area contributed by atoms with Crippen molar-refractivity contribution in [2.75, 3.05) is 0 Å². The Bertz CT molecular complexity index is 1070. The topological polar surface area (TPSA) is 95.1 Å². The van der Waals surface area contributed by atoms with Crippen LogP contribution in [0.25, 0.3) is 0 Å². The lowest BCUT2D eigenvalue weighted by atomic mass is 9.95. The summed E-state index contributed by atoms with van der Waals surface area (Å²) in [6, 6.07) is 7.68. The van der Waals surface area contributed by atoms with Crippen LogP contribution in [0.5, 0.6) is 0 Å². The number of amides is 1. The number of carbonyl (C=O) groups is 1. The monoisotopic (exact) mass is 426 g/mol. The maximum atomic E-state index is 12.8. The van der Waals surface area contributed by atoms with E-state index in [9.17, 15) is 19.2 Å². The number of benzene rings is 1. The molecule has 1 atom stereocenters. The molecular weight excluding hydrogens is 396 g/mol. The van der Waals surface area contributed by atoms with E-state index in [0.29, 0.717) is 0 Å². The Kier molecular flexibility index (Phi) is 8.13. The van der Waals surface area contributed by atoms with Gasteiger partial charge >= 0.3 is 17.1 Å². The van der Waals surface area contributed by atoms with Crippen LogP contribution < -0.4 is 22.4 Å². The van der Waals surface area contributed by atoms with E-state index in [2.05, 4.69) is 25.4 Å². The van der Waals surface area contributed by atoms with Gasteiger partial charge in [-0.3, -0.25) is 4.79 Å². The van der Waals surface area contributed by atoms with Crippen molar-refractivity contribution in [1.82, 2.24) is 19.0 Å². The molecule has 1 amide bonds. The van der Waals surface area contributed by atoms with Crippen molar-refractivity contribution in [1.29, 1.82) is 0 Å². The second-order valence-electron chi connectivity index (χ2n) is 7.62. The normalized spacial score (nSPS) is 11.9. The summed E-state index contributed by atoms with van der Waals surface area (Å²) in [6.45, 7) is 12.5. The molecule has 0 unspecified atom stereocenters. The molecule has 1 heterocycles. The summed E-state index contributed by atoms with van der Waals surface area (Å²) < 4.78 is 2.50. The van der Waals surface area contributed by atoms with E-state index in [0.717, 1.165) is 25.7 Å². The van der Waals surface area contributed by atoms with Crippen LogP contribution in [0.3, 0.4) is 0 Å². The molecule has 31 heavy (non-hydrogen) atoms. The molecule has 0 fully saturated rings. The van der Waals surface area contributed by atoms with Crippen LogP contribution in [-0.4, -0.2) is 19.6 Å². The summed E-state index contributed by atoms with van der Waals surface area (Å²) in [4.78, 5) is 50.7. The van der Waals surface area contributed by atoms with Crippen LogP contribution in [0.1, 0.15) is 37.9 Å². The lowest BCUT2D eigenvalue weighted by molar-refractivity contribution is -0.122. The minimum atomic E-state index is -0.848. The van der Waals surface area contributed by atoms with Gasteiger partial charge in [-0.1, -0.05) is 57.2 Å². The first-order valence-corrected chi connectivity index (χ1v) is 10.3. The lowest BCUT2D eigenvalue weighted by Gasteiger charge is -2.23. The number of aromatic nitrogens is 3. The molecule has 0 spiro atoms. The van der Waals surface area contributed by atoms with Crippen LogP contribution >= 0.6 is 0 Å². The number of aryl methyl sites for hydroxylation is 1. The summed E-state index contributed by atoms with van der Waals surface area (Å²) in [5, 5.41) is 2.92. The Morgan fingerprint density at radius 3 is 1.84 bits per heavy atom. The zero-order valence-corrected chi connectivity index (χ0v) is 18.3. The molecule has 0 aliphatic rings. The second kappa shape index (κ2) is 10.6. The average Bonchev–Trinajstić information content (AvgIpc) is 2.75. The molecule has 0 bridgehead atoms. The van der Waals surface area contributed by atoms with Crippen molar-refractivity contribution in [3.63, 3.8) is 0 Å². The van der Waals surface area contributed by atoms with Gasteiger partial charge in [0.15, 0.2) is 0 Å². The second-order valence-corrected chi connectivity index (χ2v) is 7.62. The maximum Gasteiger partial charge on any atom is 0.337 e. The Labute approximate surface area is 181 Å². The zero-order valence-electron chi connectivity index (χ0n) is 18.3. The van der Waals surface area contributed by atoms with E-state index < -0.39 is 29.5 Å². The van der Waals surface area contributed by atoms with E-state index in [1.807, 2.05) is 38.1 Å². The molecule has 8 nitrogen and oxygen atoms in total. The molecule has 2 aromatic rings. The van der Waals surface area contributed by atoms with Gasteiger partial charge in [-0.25, -0.2) is 28.1 Å². The highest BCUT2D eigenvalue weighted by atomic mass is 16.2. The van der Waals surface area contributed by atoms with Gasteiger partial charge in [0.1, 0.15) is 6.54 Å². The largest absolute Gasteiger partial charge is 0.347 e. The molecule has 0 aliphatic heterocycles. The number of nitrogens with zero attached hydrogens (tertiary/aromatic N) is 3. The molecule has 1 aromatic carbocycles. The highest BCUT2D eigenvalue weighted by Gasteiger charge is 2.21. The van der Waals surface area contributed by atoms with Crippen LogP contribution in [0, 0.1) is 5.92 Å². The number of allylic oxidation sites excluding steroid dienone is 2. The standard InChI is InChI=1S/C23H30N4O4/c1-6-13-25-21(29)26(14-7-2)23(31)27(22(25)30)15-19(28)24-20(16(4)5)18-11-9-17(8-3)10-12-18/h6-7,9-12,16,20H,1-2,8,13-15H2,3-5H3,(H,24,28)/t20-/m0/s1. The maximum absolute atomic E-state index is 12.8. The van der Waals surface area contributed by atoms with Gasteiger partial charge in [0.05, 0.1) is 19.1 Å². The predicted octanol–water partition coefficient (Wildman–Crippen LogP) is 1.62. The third-order valence-corrected chi connectivity index (χ3v) is 5.04. The summed E-state index contributed by atoms with van der Waals surface area (Å²) in [6.07, 6.45) is 3.68. The van der Waals surface area contributed by atoms with Crippen molar-refractivity contribution in [3.05, 3.63) is 92.2 Å². The Morgan fingerprint density at radius 1 is 0.935 bits per heavy atom. The van der Waals surface area contributed by atoms with Gasteiger partial charge in [0, 0.05) is 0 Å². The van der Waals surface area contributed by atoms with E-state index in [1.54, 1.807) is 0 Å². The molecule has 1 aromatic heterocycles. The number of carbonyl (C=O) groups excluding carboxylic acids is 1. The highest BCUT2D eigenvalue weighted by molar-refractivity contribution is 5.76. The quantitative estimate of drug-likeness (QED) is 0.584. The third kappa shape index (κ3) is 5.39. The number of hydrogen-bond donors (Lipinski definition) is 1. The SMILES string of the molecule is C=CCn1c(=O)n(CC=C)c(=O)n(CC(=O)N[C@H](c2ccc(CC)cc2)C(C)C)c1=O. The third-order valence-electron chi connectivity index (χ3n) is 5.04. The van der Waals surface area contributed by atoms with Crippen LogP contribution in [0.4, 0.5) is 0 Å². The van der Waals surface area contributed by atoms with Gasteiger partial charge < -0.3 is 5.32 Å². The number of hydrogen-bond acceptors (Lipinski definition) is 4. The highest BCUT2D eigenvalue weighted by Crippen LogP contribution is 2.22. The van der Waals surface area contributed by atoms with E-state index in [4.69, 9.17) is 0 Å². The van der Waals surface area contributed by atoms with Gasteiger partial charge in [-0.2, -0.15) is 0 Å². The van der Waals surface area contributed by atoms with E-state index in [-0.39, 0.29) is 25.0 Å². The first-order valence-electron chi connectivity index (χ1n) is 10.3. The van der Waals surface area contributed by atoms with Crippen molar-refractivity contribution in [2.24, 2.45) is 5.92 Å². The van der Waals surface area contributed by atoms with Gasteiger partial charge in [0.2, 0.25) is 5.91 Å². The van der Waals surface area contributed by atoms with Gasteiger partial charge in [-0.15, -0.1) is 13.2 Å². The first-order chi connectivity index (χ1) is 14.7. The molecule has 0 radical (unpaired) electrons. The van der Waals surface area contributed by atoms with Crippen LogP contribution in [-0.2, 0) is 30.8 Å². The molecule has 8 heteroatoms. The molecular formula is C23H30N4O4. The minimum absolute atomic E-state index is 0.0743. The summed E-state index contributed by atoms with van der Waals surface area (Å²) >= 11 is 0. The zero-order chi connectivity index (χ0) is 23.1. The van der Waals surface area contributed by atoms with Gasteiger partial charge in [-0.05, 0) is 23.5 Å². The van der Waals surface area contributed by atoms with E-state index >= 15 is 0 Å². The predicted molar refractivity (Wildman–Crippen MR) is 121 cm³/mol. The van der Waals surface area contributed by atoms with Gasteiger partial charge in [0.25, 0.3) is 0 Å².